The first-order chi connectivity index (χ1) is 37.7. The van der Waals surface area contributed by atoms with Crippen LogP contribution in [-0.4, -0.2) is 37.1 Å². The maximum Gasteiger partial charge on any atom is 0.343 e. The van der Waals surface area contributed by atoms with Crippen LogP contribution in [0.4, 0.5) is 0 Å². The van der Waals surface area contributed by atoms with Gasteiger partial charge in [-0.2, -0.15) is 0 Å². The summed E-state index contributed by atoms with van der Waals surface area (Å²) >= 11 is 3.39. The normalized spacial score (nSPS) is 11.0. The van der Waals surface area contributed by atoms with Gasteiger partial charge in [0.1, 0.15) is 34.5 Å². The molecule has 0 aliphatic heterocycles. The number of benzene rings is 5. The minimum Gasteiger partial charge on any atom is -0.494 e. The SMILES string of the molecule is CCCCCCCCCCCCCCCCOc1ccc(OC(=O)c2ccc(C(=O)Oc3ccc(Br)c(OC(=O)c4ccc(C(=O)Oc5ccc(OCCCCCCCCCCCCCCCC)cc5)cc4)c3)cc2)cc1. The summed E-state index contributed by atoms with van der Waals surface area (Å²) in [5.41, 5.74) is 0.883. The summed E-state index contributed by atoms with van der Waals surface area (Å²) in [7, 11) is 0. The lowest BCUT2D eigenvalue weighted by atomic mass is 10.0. The Kier molecular flexibility index (Phi) is 30.4. The highest BCUT2D eigenvalue weighted by atomic mass is 79.9. The van der Waals surface area contributed by atoms with Gasteiger partial charge in [0.05, 0.1) is 39.9 Å². The van der Waals surface area contributed by atoms with Gasteiger partial charge in [-0.25, -0.2) is 19.2 Å². The monoisotopic (exact) mass is 1120 g/mol. The summed E-state index contributed by atoms with van der Waals surface area (Å²) in [5.74, 6) is -0.111. The van der Waals surface area contributed by atoms with Crippen molar-refractivity contribution in [2.75, 3.05) is 13.2 Å². The standard InChI is InChI=1S/C66H85BrO10/c1-3-5-7-9-11-13-15-17-19-21-23-25-27-29-49-72-56-39-43-58(44-40-56)74-63(68)52-31-33-54(34-32-52)65(70)76-60-47-48-61(67)62(51-60)77-66(71)55-37-35-53(36-38-55)64(69)75-59-45-41-57(42-46-59)73-50-30-28-26-24-22-20-18-16-14-12-10-8-6-4-2/h31-48,51H,3-30,49-50H2,1-2H3. The molecule has 11 heteroatoms. The molecule has 77 heavy (non-hydrogen) atoms. The largest absolute Gasteiger partial charge is 0.494 e. The van der Waals surface area contributed by atoms with Crippen LogP contribution in [0.1, 0.15) is 235 Å². The quantitative estimate of drug-likeness (QED) is 0.0213. The van der Waals surface area contributed by atoms with Crippen molar-refractivity contribution < 1.29 is 47.6 Å². The molecule has 5 aromatic carbocycles. The maximum absolute atomic E-state index is 13.2. The van der Waals surface area contributed by atoms with Crippen LogP contribution in [0.5, 0.6) is 34.5 Å². The number of ether oxygens (including phenoxy) is 6. The molecule has 0 heterocycles. The molecule has 0 radical (unpaired) electrons. The van der Waals surface area contributed by atoms with E-state index in [4.69, 9.17) is 28.4 Å². The zero-order valence-corrected chi connectivity index (χ0v) is 47.7. The van der Waals surface area contributed by atoms with Crippen molar-refractivity contribution in [3.8, 4) is 34.5 Å². The summed E-state index contributed by atoms with van der Waals surface area (Å²) < 4.78 is 34.6. The number of carbonyl (C=O) groups is 4. The first kappa shape index (κ1) is 61.9. The fourth-order valence-corrected chi connectivity index (χ4v) is 9.28. The highest BCUT2D eigenvalue weighted by molar-refractivity contribution is 9.10. The van der Waals surface area contributed by atoms with Gasteiger partial charge in [0.15, 0.2) is 0 Å². The molecule has 0 fully saturated rings. The summed E-state index contributed by atoms with van der Waals surface area (Å²) in [4.78, 5) is 52.2. The summed E-state index contributed by atoms with van der Waals surface area (Å²) in [5, 5.41) is 0. The van der Waals surface area contributed by atoms with Crippen molar-refractivity contribution >= 4 is 39.8 Å². The molecule has 0 bridgehead atoms. The van der Waals surface area contributed by atoms with E-state index in [1.165, 1.54) is 209 Å². The van der Waals surface area contributed by atoms with Gasteiger partial charge in [-0.05, 0) is 138 Å². The van der Waals surface area contributed by atoms with E-state index in [1.807, 2.05) is 0 Å². The molecule has 0 aliphatic rings. The van der Waals surface area contributed by atoms with Crippen molar-refractivity contribution in [2.45, 2.75) is 194 Å². The molecular weight excluding hydrogens is 1030 g/mol. The van der Waals surface area contributed by atoms with Gasteiger partial charge in [-0.1, -0.05) is 181 Å². The van der Waals surface area contributed by atoms with Crippen LogP contribution in [-0.2, 0) is 0 Å². The van der Waals surface area contributed by atoms with Gasteiger partial charge in [-0.3, -0.25) is 0 Å². The van der Waals surface area contributed by atoms with E-state index in [-0.39, 0.29) is 33.8 Å². The Bertz CT molecular complexity index is 2430. The van der Waals surface area contributed by atoms with Crippen molar-refractivity contribution in [1.82, 2.24) is 0 Å². The maximum atomic E-state index is 13.2. The Morgan fingerprint density at radius 2 is 0.545 bits per heavy atom. The highest BCUT2D eigenvalue weighted by Gasteiger charge is 2.18. The van der Waals surface area contributed by atoms with Crippen LogP contribution in [0.15, 0.2) is 120 Å². The zero-order chi connectivity index (χ0) is 54.6. The van der Waals surface area contributed by atoms with Crippen molar-refractivity contribution in [2.24, 2.45) is 0 Å². The second kappa shape index (κ2) is 37.8. The predicted octanol–water partition coefficient (Wildman–Crippen LogP) is 19.0. The first-order valence-electron chi connectivity index (χ1n) is 29.1. The molecule has 0 amide bonds. The predicted molar refractivity (Wildman–Crippen MR) is 311 cm³/mol. The number of hydrogen-bond donors (Lipinski definition) is 0. The topological polar surface area (TPSA) is 124 Å². The van der Waals surface area contributed by atoms with Crippen LogP contribution in [0.3, 0.4) is 0 Å². The van der Waals surface area contributed by atoms with Crippen molar-refractivity contribution in [3.63, 3.8) is 0 Å². The number of hydrogen-bond acceptors (Lipinski definition) is 10. The molecule has 0 saturated carbocycles. The Balaban J connectivity index is 0.941. The Labute approximate surface area is 468 Å². The Morgan fingerprint density at radius 3 is 0.857 bits per heavy atom. The molecule has 0 spiro atoms. The highest BCUT2D eigenvalue weighted by Crippen LogP contribution is 2.31. The molecule has 416 valence electrons. The number of rotatable bonds is 40. The lowest BCUT2D eigenvalue weighted by Gasteiger charge is -2.10. The van der Waals surface area contributed by atoms with E-state index in [0.717, 1.165) is 37.2 Å². The molecule has 0 atom stereocenters. The van der Waals surface area contributed by atoms with Gasteiger partial charge in [0, 0.05) is 6.07 Å². The molecule has 5 aromatic rings. The lowest BCUT2D eigenvalue weighted by Crippen LogP contribution is -2.12. The van der Waals surface area contributed by atoms with Crippen LogP contribution >= 0.6 is 15.9 Å². The Morgan fingerprint density at radius 1 is 0.299 bits per heavy atom. The van der Waals surface area contributed by atoms with Crippen LogP contribution < -0.4 is 28.4 Å². The van der Waals surface area contributed by atoms with Gasteiger partial charge in [0.2, 0.25) is 0 Å². The molecule has 0 aromatic heterocycles. The van der Waals surface area contributed by atoms with E-state index in [9.17, 15) is 19.2 Å². The molecule has 0 unspecified atom stereocenters. The average molecular weight is 1120 g/mol. The summed E-state index contributed by atoms with van der Waals surface area (Å²) in [6.45, 7) is 5.82. The summed E-state index contributed by atoms with van der Waals surface area (Å²) in [6.07, 6.45) is 36.7. The van der Waals surface area contributed by atoms with Crippen molar-refractivity contribution in [3.05, 3.63) is 142 Å². The molecule has 5 rings (SSSR count). The lowest BCUT2D eigenvalue weighted by molar-refractivity contribution is 0.0713. The number of halogens is 1. The zero-order valence-electron chi connectivity index (χ0n) is 46.1. The van der Waals surface area contributed by atoms with Gasteiger partial charge in [-0.15, -0.1) is 0 Å². The van der Waals surface area contributed by atoms with E-state index >= 15 is 0 Å². The van der Waals surface area contributed by atoms with Crippen molar-refractivity contribution in [1.29, 1.82) is 0 Å². The third-order valence-electron chi connectivity index (χ3n) is 13.6. The molecule has 10 nitrogen and oxygen atoms in total. The van der Waals surface area contributed by atoms with Crippen LogP contribution in [0, 0.1) is 0 Å². The molecule has 0 aliphatic carbocycles. The fourth-order valence-electron chi connectivity index (χ4n) is 8.95. The van der Waals surface area contributed by atoms with Gasteiger partial charge in [0.25, 0.3) is 0 Å². The van der Waals surface area contributed by atoms with Crippen LogP contribution in [0.2, 0.25) is 0 Å². The summed E-state index contributed by atoms with van der Waals surface area (Å²) in [6, 6.07) is 30.3. The molecular formula is C66H85BrO10. The second-order valence-corrected chi connectivity index (χ2v) is 21.0. The fraction of sp³-hybridized carbons (Fsp3) is 0.485. The van der Waals surface area contributed by atoms with E-state index in [0.29, 0.717) is 29.2 Å². The molecule has 0 saturated heterocycles. The third kappa shape index (κ3) is 25.4. The van der Waals surface area contributed by atoms with Gasteiger partial charge >= 0.3 is 23.9 Å². The molecule has 0 N–H and O–H groups in total. The number of unbranched alkanes of at least 4 members (excludes halogenated alkanes) is 26. The number of esters is 4. The van der Waals surface area contributed by atoms with E-state index < -0.39 is 23.9 Å². The number of carbonyl (C=O) groups excluding carboxylic acids is 4. The van der Waals surface area contributed by atoms with E-state index in [2.05, 4.69) is 29.8 Å². The third-order valence-corrected chi connectivity index (χ3v) is 14.3. The minimum atomic E-state index is -0.694. The second-order valence-electron chi connectivity index (χ2n) is 20.1. The minimum absolute atomic E-state index is 0.110. The van der Waals surface area contributed by atoms with E-state index in [1.54, 1.807) is 60.7 Å². The average Bonchev–Trinajstić information content (AvgIpc) is 3.44. The smallest absolute Gasteiger partial charge is 0.343 e. The Hall–Kier alpha value is -5.94. The first-order valence-corrected chi connectivity index (χ1v) is 29.9. The van der Waals surface area contributed by atoms with Gasteiger partial charge < -0.3 is 28.4 Å². The van der Waals surface area contributed by atoms with Crippen LogP contribution in [0.25, 0.3) is 0 Å².